The van der Waals surface area contributed by atoms with Crippen LogP contribution in [-0.4, -0.2) is 64.8 Å². The number of hydrogen-bond donors (Lipinski definition) is 3. The number of aliphatic hydroxyl groups excluding tert-OH is 1. The molecule has 2 amide bonds. The maximum atomic E-state index is 13.7. The molecule has 5 atom stereocenters. The van der Waals surface area contributed by atoms with Crippen molar-refractivity contribution >= 4 is 17.8 Å². The lowest BCUT2D eigenvalue weighted by Crippen LogP contribution is -2.62. The van der Waals surface area contributed by atoms with Gasteiger partial charge >= 0.3 is 5.97 Å². The van der Waals surface area contributed by atoms with Gasteiger partial charge < -0.3 is 19.7 Å². The molecule has 2 heterocycles. The molecule has 0 radical (unpaired) electrons. The molecule has 9 heteroatoms. The molecular formula is C24H32N2O7. The Morgan fingerprint density at radius 2 is 1.82 bits per heavy atom. The highest BCUT2D eigenvalue weighted by atomic mass is 16.5. The van der Waals surface area contributed by atoms with Crippen LogP contribution in [0.2, 0.25) is 0 Å². The van der Waals surface area contributed by atoms with E-state index in [4.69, 9.17) is 9.47 Å². The van der Waals surface area contributed by atoms with Crippen LogP contribution in [0.1, 0.15) is 56.2 Å². The van der Waals surface area contributed by atoms with E-state index in [0.29, 0.717) is 35.5 Å². The average molecular weight is 461 g/mol. The van der Waals surface area contributed by atoms with Crippen LogP contribution in [0.4, 0.5) is 0 Å². The van der Waals surface area contributed by atoms with Crippen molar-refractivity contribution in [1.29, 1.82) is 0 Å². The number of likely N-dealkylation sites (tertiary alicyclic amines) is 1. The molecule has 1 aromatic rings. The minimum atomic E-state index is -2.00. The maximum Gasteiger partial charge on any atom is 0.327 e. The molecule has 2 aliphatic heterocycles. The molecule has 1 aliphatic carbocycles. The number of nitrogens with one attached hydrogen (secondary N) is 1. The van der Waals surface area contributed by atoms with Crippen molar-refractivity contribution in [3.8, 4) is 11.5 Å². The monoisotopic (exact) mass is 460 g/mol. The van der Waals surface area contributed by atoms with E-state index in [0.717, 1.165) is 19.3 Å². The topological polar surface area (TPSA) is 125 Å². The summed E-state index contributed by atoms with van der Waals surface area (Å²) in [6.07, 6.45) is 2.92. The quantitative estimate of drug-likeness (QED) is 0.549. The van der Waals surface area contributed by atoms with E-state index in [1.54, 1.807) is 12.1 Å². The van der Waals surface area contributed by atoms with Gasteiger partial charge in [0.05, 0.1) is 32.2 Å². The number of carboxylic acid groups (broad SMARTS) is 1. The number of fused-ring (bicyclic) bond motifs is 1. The highest BCUT2D eigenvalue weighted by Gasteiger charge is 2.71. The molecule has 0 bridgehead atoms. The van der Waals surface area contributed by atoms with Crippen molar-refractivity contribution in [3.63, 3.8) is 0 Å². The predicted molar refractivity (Wildman–Crippen MR) is 118 cm³/mol. The number of hydrogen-bond acceptors (Lipinski definition) is 7. The van der Waals surface area contributed by atoms with Crippen LogP contribution in [-0.2, 0) is 14.4 Å². The third kappa shape index (κ3) is 3.32. The van der Waals surface area contributed by atoms with Gasteiger partial charge in [-0.2, -0.15) is 0 Å². The van der Waals surface area contributed by atoms with E-state index >= 15 is 0 Å². The van der Waals surface area contributed by atoms with Gasteiger partial charge in [-0.3, -0.25) is 24.6 Å². The summed E-state index contributed by atoms with van der Waals surface area (Å²) >= 11 is 0. The number of carbonyl (C=O) groups excluding carboxylic acids is 2. The van der Waals surface area contributed by atoms with Crippen LogP contribution in [0.5, 0.6) is 11.5 Å². The first-order chi connectivity index (χ1) is 15.7. The Bertz CT molecular complexity index is 972. The lowest BCUT2D eigenvalue weighted by atomic mass is 9.76. The SMILES string of the molecule is COc1ccc(C2NC(C(=O)O)(C(C)O)C3C(=O)N(C4CCCCC4)C(=O)C23)c(OC)c1C. The van der Waals surface area contributed by atoms with Crippen LogP contribution >= 0.6 is 0 Å². The summed E-state index contributed by atoms with van der Waals surface area (Å²) in [5, 5.41) is 23.9. The summed E-state index contributed by atoms with van der Waals surface area (Å²) in [7, 11) is 3.03. The maximum absolute atomic E-state index is 13.7. The molecule has 3 fully saturated rings. The van der Waals surface area contributed by atoms with Gasteiger partial charge in [-0.15, -0.1) is 0 Å². The van der Waals surface area contributed by atoms with E-state index in [1.165, 1.54) is 26.0 Å². The highest BCUT2D eigenvalue weighted by Crippen LogP contribution is 2.53. The zero-order valence-corrected chi connectivity index (χ0v) is 19.5. The summed E-state index contributed by atoms with van der Waals surface area (Å²) in [4.78, 5) is 41.3. The molecule has 9 nitrogen and oxygen atoms in total. The van der Waals surface area contributed by atoms with Crippen molar-refractivity contribution in [2.45, 2.75) is 69.7 Å². The number of rotatable bonds is 6. The molecule has 3 aliphatic rings. The minimum absolute atomic E-state index is 0.231. The van der Waals surface area contributed by atoms with E-state index in [1.807, 2.05) is 6.92 Å². The molecule has 1 aromatic carbocycles. The average Bonchev–Trinajstić information content (AvgIpc) is 3.28. The first-order valence-electron chi connectivity index (χ1n) is 11.5. The Balaban J connectivity index is 1.87. The number of aliphatic carboxylic acids is 1. The highest BCUT2D eigenvalue weighted by molar-refractivity contribution is 6.10. The lowest BCUT2D eigenvalue weighted by molar-refractivity contribution is -0.157. The fraction of sp³-hybridized carbons (Fsp3) is 0.625. The zero-order valence-electron chi connectivity index (χ0n) is 19.5. The van der Waals surface area contributed by atoms with Gasteiger partial charge in [-0.1, -0.05) is 25.3 Å². The summed E-state index contributed by atoms with van der Waals surface area (Å²) in [5.74, 6) is -3.40. The largest absolute Gasteiger partial charge is 0.496 e. The summed E-state index contributed by atoms with van der Waals surface area (Å²) in [6, 6.07) is 2.39. The van der Waals surface area contributed by atoms with Crippen molar-refractivity contribution in [3.05, 3.63) is 23.3 Å². The van der Waals surface area contributed by atoms with Crippen molar-refractivity contribution in [2.24, 2.45) is 11.8 Å². The Hall–Kier alpha value is -2.65. The van der Waals surface area contributed by atoms with Crippen LogP contribution in [0.15, 0.2) is 12.1 Å². The molecule has 2 saturated heterocycles. The Labute approximate surface area is 193 Å². The predicted octanol–water partition coefficient (Wildman–Crippen LogP) is 1.79. The van der Waals surface area contributed by atoms with Gasteiger partial charge in [0.15, 0.2) is 5.54 Å². The third-order valence-electron chi connectivity index (χ3n) is 7.73. The first-order valence-corrected chi connectivity index (χ1v) is 11.5. The smallest absolute Gasteiger partial charge is 0.327 e. The van der Waals surface area contributed by atoms with Crippen molar-refractivity contribution in [2.75, 3.05) is 14.2 Å². The van der Waals surface area contributed by atoms with Gasteiger partial charge in [-0.05, 0) is 32.8 Å². The number of methoxy groups -OCH3 is 2. The van der Waals surface area contributed by atoms with Gasteiger partial charge in [0.25, 0.3) is 0 Å². The van der Waals surface area contributed by atoms with E-state index in [2.05, 4.69) is 5.32 Å². The number of nitrogens with zero attached hydrogens (tertiary/aromatic N) is 1. The van der Waals surface area contributed by atoms with Crippen molar-refractivity contribution in [1.82, 2.24) is 10.2 Å². The number of aliphatic hydroxyl groups is 1. The number of ether oxygens (including phenoxy) is 2. The fourth-order valence-corrected chi connectivity index (χ4v) is 6.12. The first kappa shape index (κ1) is 23.5. The summed E-state index contributed by atoms with van der Waals surface area (Å²) in [5.41, 5.74) is -0.743. The number of benzene rings is 1. The molecule has 0 aromatic heterocycles. The molecule has 33 heavy (non-hydrogen) atoms. The Kier molecular flexibility index (Phi) is 6.13. The van der Waals surface area contributed by atoms with Gasteiger partial charge in [0, 0.05) is 23.2 Å². The van der Waals surface area contributed by atoms with Crippen LogP contribution in [0.25, 0.3) is 0 Å². The van der Waals surface area contributed by atoms with Gasteiger partial charge in [0.2, 0.25) is 11.8 Å². The molecule has 3 N–H and O–H groups in total. The lowest BCUT2D eigenvalue weighted by Gasteiger charge is -2.36. The number of amides is 2. The molecule has 5 unspecified atom stereocenters. The normalized spacial score (nSPS) is 30.9. The second kappa shape index (κ2) is 8.61. The van der Waals surface area contributed by atoms with Crippen molar-refractivity contribution < 1.29 is 34.1 Å². The summed E-state index contributed by atoms with van der Waals surface area (Å²) < 4.78 is 11.0. The Morgan fingerprint density at radius 1 is 1.15 bits per heavy atom. The van der Waals surface area contributed by atoms with Crippen LogP contribution < -0.4 is 14.8 Å². The van der Waals surface area contributed by atoms with E-state index in [9.17, 15) is 24.6 Å². The minimum Gasteiger partial charge on any atom is -0.496 e. The molecule has 4 rings (SSSR count). The second-order valence-corrected chi connectivity index (χ2v) is 9.33. The Morgan fingerprint density at radius 3 is 2.36 bits per heavy atom. The molecule has 1 saturated carbocycles. The standard InChI is InChI=1S/C24H32N2O7/c1-12-16(32-3)11-10-15(20(12)33-4)19-17-18(24(25-19,13(2)27)23(30)31)22(29)26(21(17)28)14-8-6-5-7-9-14/h10-11,13-14,17-19,25,27H,5-9H2,1-4H3,(H,30,31). The van der Waals surface area contributed by atoms with Gasteiger partial charge in [-0.25, -0.2) is 0 Å². The number of imide groups is 1. The number of carboxylic acids is 1. The second-order valence-electron chi connectivity index (χ2n) is 9.33. The summed E-state index contributed by atoms with van der Waals surface area (Å²) in [6.45, 7) is 3.15. The molecular weight excluding hydrogens is 428 g/mol. The number of carbonyl (C=O) groups is 3. The fourth-order valence-electron chi connectivity index (χ4n) is 6.12. The van der Waals surface area contributed by atoms with E-state index in [-0.39, 0.29) is 11.9 Å². The third-order valence-corrected chi connectivity index (χ3v) is 7.73. The molecule has 180 valence electrons. The zero-order chi connectivity index (χ0) is 24.1. The molecule has 0 spiro atoms. The van der Waals surface area contributed by atoms with E-state index < -0.39 is 41.4 Å². The van der Waals surface area contributed by atoms with Gasteiger partial charge in [0.1, 0.15) is 11.5 Å². The van der Waals surface area contributed by atoms with Crippen LogP contribution in [0, 0.1) is 18.8 Å². The van der Waals surface area contributed by atoms with Crippen LogP contribution in [0.3, 0.4) is 0 Å².